The Labute approximate surface area is 167 Å². The van der Waals surface area contributed by atoms with Crippen molar-refractivity contribution in [2.24, 2.45) is 0 Å². The van der Waals surface area contributed by atoms with Gasteiger partial charge in [0.05, 0.1) is 0 Å². The average molecular weight is 409 g/mol. The van der Waals surface area contributed by atoms with Crippen LogP contribution in [0, 0.1) is 13.8 Å². The van der Waals surface area contributed by atoms with Crippen molar-refractivity contribution in [1.82, 2.24) is 0 Å². The molecule has 2 radical (unpaired) electrons. The van der Waals surface area contributed by atoms with E-state index >= 15 is 0 Å². The van der Waals surface area contributed by atoms with Crippen LogP contribution in [0.4, 0.5) is 0 Å². The number of aryl methyl sites for hydroxylation is 2. The molecule has 0 nitrogen and oxygen atoms in total. The Bertz CT molecular complexity index is 716. The van der Waals surface area contributed by atoms with Crippen LogP contribution in [0.2, 0.25) is 13.1 Å². The molecule has 0 aromatic heterocycles. The van der Waals surface area contributed by atoms with Gasteiger partial charge < -0.3 is 0 Å². The van der Waals surface area contributed by atoms with E-state index in [1.54, 1.807) is 0 Å². The van der Waals surface area contributed by atoms with Gasteiger partial charge in [0.1, 0.15) is 0 Å². The van der Waals surface area contributed by atoms with Gasteiger partial charge in [0.2, 0.25) is 0 Å². The second kappa shape index (κ2) is 10.6. The van der Waals surface area contributed by atoms with Gasteiger partial charge in [-0.05, 0) is 0 Å². The number of hydrogen-bond donors (Lipinski definition) is 0. The first-order chi connectivity index (χ1) is 11.1. The predicted molar refractivity (Wildman–Crippen MR) is 107 cm³/mol. The van der Waals surface area contributed by atoms with Gasteiger partial charge in [0.25, 0.3) is 0 Å². The Kier molecular flexibility index (Phi) is 9.18. The van der Waals surface area contributed by atoms with E-state index in [1.165, 1.54) is 32.7 Å². The van der Waals surface area contributed by atoms with Crippen molar-refractivity contribution in [3.05, 3.63) is 83.9 Å². The molecular formula is C22H25SiZr+. The maximum absolute atomic E-state index is 2.21. The Balaban J connectivity index is 0.000000200. The van der Waals surface area contributed by atoms with Crippen LogP contribution in [0.5, 0.6) is 0 Å². The Morgan fingerprint density at radius 3 is 1.33 bits per heavy atom. The SMILES string of the molecule is C[SiH]C.Cc1cc2ccccc2[cH-]1.Cc1cc2ccccc2[cH-]1.[Zr+3]. The number of hydrogen-bond acceptors (Lipinski definition) is 0. The molecule has 0 aliphatic rings. The Morgan fingerprint density at radius 1 is 0.667 bits per heavy atom. The summed E-state index contributed by atoms with van der Waals surface area (Å²) in [4.78, 5) is 0. The fourth-order valence-corrected chi connectivity index (χ4v) is 2.61. The molecule has 24 heavy (non-hydrogen) atoms. The van der Waals surface area contributed by atoms with E-state index in [4.69, 9.17) is 0 Å². The van der Waals surface area contributed by atoms with Crippen LogP contribution < -0.4 is 0 Å². The van der Waals surface area contributed by atoms with Crippen molar-refractivity contribution in [3.8, 4) is 0 Å². The van der Waals surface area contributed by atoms with Crippen LogP contribution >= 0.6 is 0 Å². The normalized spacial score (nSPS) is 9.50. The zero-order valence-electron chi connectivity index (χ0n) is 15.0. The fourth-order valence-electron chi connectivity index (χ4n) is 2.61. The van der Waals surface area contributed by atoms with Crippen LogP contribution in [-0.2, 0) is 26.2 Å². The van der Waals surface area contributed by atoms with Gasteiger partial charge in [-0.25, -0.2) is 0 Å². The molecule has 0 amide bonds. The zero-order valence-corrected chi connectivity index (χ0v) is 18.6. The van der Waals surface area contributed by atoms with Crippen molar-refractivity contribution in [2.45, 2.75) is 26.9 Å². The first-order valence-electron chi connectivity index (χ1n) is 8.12. The molecule has 0 fully saturated rings. The monoisotopic (exact) mass is 407 g/mol. The molecule has 0 atom stereocenters. The summed E-state index contributed by atoms with van der Waals surface area (Å²) in [5.74, 6) is 0. The smallest absolute Gasteiger partial charge is 0.165 e. The van der Waals surface area contributed by atoms with Gasteiger partial charge in [-0.1, -0.05) is 39.1 Å². The van der Waals surface area contributed by atoms with Gasteiger partial charge >= 0.3 is 26.2 Å². The van der Waals surface area contributed by atoms with Gasteiger partial charge in [-0.2, -0.15) is 12.1 Å². The third-order valence-corrected chi connectivity index (χ3v) is 3.52. The standard InChI is InChI=1S/2C10H9.C2H7Si.Zr/c2*1-8-6-9-4-2-3-5-10(9)7-8;1-3-2;/h2*2-7H,1H3;3H,1-2H3;/q2*-1;;+3. The molecule has 0 N–H and O–H groups in total. The van der Waals surface area contributed by atoms with Crippen molar-refractivity contribution in [3.63, 3.8) is 0 Å². The molecule has 4 aromatic carbocycles. The minimum atomic E-state index is 0. The van der Waals surface area contributed by atoms with E-state index in [2.05, 4.69) is 99.7 Å². The van der Waals surface area contributed by atoms with E-state index in [0.717, 1.165) is 9.52 Å². The summed E-state index contributed by atoms with van der Waals surface area (Å²) in [7, 11) is 0.750. The van der Waals surface area contributed by atoms with E-state index in [9.17, 15) is 0 Å². The minimum Gasteiger partial charge on any atom is -0.165 e. The molecule has 120 valence electrons. The predicted octanol–water partition coefficient (Wildman–Crippen LogP) is 6.25. The topological polar surface area (TPSA) is 0 Å². The molecule has 0 aliphatic heterocycles. The molecular weight excluding hydrogens is 384 g/mol. The molecule has 4 rings (SSSR count). The number of fused-ring (bicyclic) bond motifs is 2. The molecule has 2 heteroatoms. The maximum atomic E-state index is 2.21. The van der Waals surface area contributed by atoms with Crippen molar-refractivity contribution < 1.29 is 26.2 Å². The molecule has 0 saturated carbocycles. The quantitative estimate of drug-likeness (QED) is 0.238. The summed E-state index contributed by atoms with van der Waals surface area (Å²) >= 11 is 0. The van der Waals surface area contributed by atoms with Gasteiger partial charge in [-0.3, -0.25) is 0 Å². The Morgan fingerprint density at radius 2 is 1.00 bits per heavy atom. The van der Waals surface area contributed by atoms with Crippen LogP contribution in [0.15, 0.2) is 72.8 Å². The number of rotatable bonds is 0. The number of benzene rings is 2. The van der Waals surface area contributed by atoms with Crippen LogP contribution in [0.3, 0.4) is 0 Å². The first-order valence-corrected chi connectivity index (χ1v) is 10.4. The van der Waals surface area contributed by atoms with Crippen molar-refractivity contribution in [2.75, 3.05) is 0 Å². The van der Waals surface area contributed by atoms with E-state index in [1.807, 2.05) is 0 Å². The molecule has 0 heterocycles. The fraction of sp³-hybridized carbons (Fsp3) is 0.182. The summed E-state index contributed by atoms with van der Waals surface area (Å²) in [6.45, 7) is 8.67. The molecule has 4 aromatic rings. The van der Waals surface area contributed by atoms with Crippen molar-refractivity contribution >= 4 is 31.1 Å². The maximum Gasteiger partial charge on any atom is 3.00 e. The molecule has 0 aliphatic carbocycles. The summed E-state index contributed by atoms with van der Waals surface area (Å²) in [6.07, 6.45) is 0. The van der Waals surface area contributed by atoms with Crippen LogP contribution in [0.1, 0.15) is 11.1 Å². The van der Waals surface area contributed by atoms with Crippen molar-refractivity contribution in [1.29, 1.82) is 0 Å². The van der Waals surface area contributed by atoms with E-state index in [-0.39, 0.29) is 26.2 Å². The van der Waals surface area contributed by atoms with Gasteiger partial charge in [0.15, 0.2) is 0 Å². The summed E-state index contributed by atoms with van der Waals surface area (Å²) in [5, 5.41) is 5.39. The summed E-state index contributed by atoms with van der Waals surface area (Å²) < 4.78 is 0. The molecule has 0 saturated heterocycles. The second-order valence-corrected chi connectivity index (χ2v) is 7.06. The molecule has 0 spiro atoms. The summed E-state index contributed by atoms with van der Waals surface area (Å²) in [6, 6.07) is 25.7. The van der Waals surface area contributed by atoms with Crippen LogP contribution in [-0.4, -0.2) is 9.52 Å². The third-order valence-electron chi connectivity index (χ3n) is 3.52. The summed E-state index contributed by atoms with van der Waals surface area (Å²) in [5.41, 5.74) is 2.70. The van der Waals surface area contributed by atoms with Gasteiger partial charge in [0, 0.05) is 9.52 Å². The molecule has 0 unspecified atom stereocenters. The van der Waals surface area contributed by atoms with Crippen LogP contribution in [0.25, 0.3) is 21.5 Å². The largest absolute Gasteiger partial charge is 3.00 e. The Hall–Kier alpha value is -1.24. The third kappa shape index (κ3) is 6.00. The second-order valence-electron chi connectivity index (χ2n) is 5.90. The van der Waals surface area contributed by atoms with Gasteiger partial charge in [-0.15, -0.1) is 81.2 Å². The first kappa shape index (κ1) is 20.8. The zero-order chi connectivity index (χ0) is 16.7. The van der Waals surface area contributed by atoms with E-state index < -0.39 is 0 Å². The minimum absolute atomic E-state index is 0. The average Bonchev–Trinajstić information content (AvgIpc) is 3.08. The van der Waals surface area contributed by atoms with E-state index in [0.29, 0.717) is 0 Å². The molecule has 0 bridgehead atoms.